The van der Waals surface area contributed by atoms with Gasteiger partial charge in [-0.1, -0.05) is 0 Å². The van der Waals surface area contributed by atoms with Crippen molar-refractivity contribution in [1.82, 2.24) is 10.6 Å². The molecule has 0 aliphatic carbocycles. The highest BCUT2D eigenvalue weighted by Gasteiger charge is 2.01. The van der Waals surface area contributed by atoms with Crippen LogP contribution in [-0.4, -0.2) is 38.6 Å². The summed E-state index contributed by atoms with van der Waals surface area (Å²) in [5.41, 5.74) is 0. The molecule has 0 bridgehead atoms. The van der Waals surface area contributed by atoms with Crippen LogP contribution in [0.2, 0.25) is 0 Å². The van der Waals surface area contributed by atoms with Crippen molar-refractivity contribution in [3.63, 3.8) is 0 Å². The summed E-state index contributed by atoms with van der Waals surface area (Å²) in [6.45, 7) is 1.07. The molecule has 0 saturated carbocycles. The molecule has 15 heavy (non-hydrogen) atoms. The minimum atomic E-state index is -0.330. The third-order valence-corrected chi connectivity index (χ3v) is 1.54. The number of nitrogens with one attached hydrogen (secondary N) is 2. The number of carbonyl (C=O) groups is 2. The van der Waals surface area contributed by atoms with Crippen LogP contribution in [0.3, 0.4) is 0 Å². The van der Waals surface area contributed by atoms with Crippen LogP contribution in [0.25, 0.3) is 0 Å². The van der Waals surface area contributed by atoms with Gasteiger partial charge in [0.05, 0.1) is 12.7 Å². The van der Waals surface area contributed by atoms with Gasteiger partial charge < -0.3 is 15.4 Å². The fourth-order valence-corrected chi connectivity index (χ4v) is 0.821. The average molecular weight is 213 g/mol. The van der Waals surface area contributed by atoms with E-state index in [1.807, 2.05) is 0 Å². The number of rotatable bonds is 7. The van der Waals surface area contributed by atoms with Crippen LogP contribution in [0.4, 0.5) is 0 Å². The molecular weight excluding hydrogens is 198 g/mol. The standard InChI is InChI=1S/C9H15N3O3/c1-15-7-3-9(14)12-6-5-11-8(13)2-4-10/h2-3,5-7H2,1H3,(H,11,13)(H,12,14). The molecule has 0 heterocycles. The van der Waals surface area contributed by atoms with E-state index in [9.17, 15) is 9.59 Å². The zero-order valence-electron chi connectivity index (χ0n) is 8.71. The molecule has 0 aliphatic heterocycles. The summed E-state index contributed by atoms with van der Waals surface area (Å²) in [5, 5.41) is 13.3. The first-order chi connectivity index (χ1) is 7.20. The molecule has 0 aliphatic rings. The molecule has 0 saturated heterocycles. The molecule has 0 fully saturated rings. The second-order valence-electron chi connectivity index (χ2n) is 2.78. The Bertz CT molecular complexity index is 247. The first-order valence-corrected chi connectivity index (χ1v) is 4.60. The Kier molecular flexibility index (Phi) is 8.00. The number of amides is 2. The number of carbonyl (C=O) groups excluding carboxylic acids is 2. The topological polar surface area (TPSA) is 91.2 Å². The van der Waals surface area contributed by atoms with Crippen LogP contribution < -0.4 is 10.6 Å². The quantitative estimate of drug-likeness (QED) is 0.540. The van der Waals surface area contributed by atoms with E-state index in [-0.39, 0.29) is 18.2 Å². The van der Waals surface area contributed by atoms with Crippen LogP contribution in [0, 0.1) is 11.3 Å². The molecule has 0 radical (unpaired) electrons. The van der Waals surface area contributed by atoms with E-state index in [1.54, 1.807) is 6.07 Å². The van der Waals surface area contributed by atoms with Gasteiger partial charge in [0.25, 0.3) is 0 Å². The third-order valence-electron chi connectivity index (χ3n) is 1.54. The molecule has 0 aromatic heterocycles. The van der Waals surface area contributed by atoms with Gasteiger partial charge in [0.2, 0.25) is 11.8 Å². The van der Waals surface area contributed by atoms with Crippen LogP contribution in [0.15, 0.2) is 0 Å². The largest absolute Gasteiger partial charge is 0.384 e. The summed E-state index contributed by atoms with van der Waals surface area (Å²) in [6.07, 6.45) is 0.153. The molecule has 2 amide bonds. The van der Waals surface area contributed by atoms with Gasteiger partial charge in [-0.15, -0.1) is 0 Å². The van der Waals surface area contributed by atoms with Crippen LogP contribution in [0.1, 0.15) is 12.8 Å². The number of hydrogen-bond acceptors (Lipinski definition) is 4. The van der Waals surface area contributed by atoms with Crippen molar-refractivity contribution >= 4 is 11.8 Å². The van der Waals surface area contributed by atoms with Gasteiger partial charge in [0.15, 0.2) is 0 Å². The van der Waals surface area contributed by atoms with E-state index < -0.39 is 0 Å². The lowest BCUT2D eigenvalue weighted by Crippen LogP contribution is -2.34. The second-order valence-corrected chi connectivity index (χ2v) is 2.78. The third kappa shape index (κ3) is 8.71. The highest BCUT2D eigenvalue weighted by Crippen LogP contribution is 1.79. The maximum absolute atomic E-state index is 11.0. The second kappa shape index (κ2) is 8.97. The Labute approximate surface area is 88.6 Å². The summed E-state index contributed by atoms with van der Waals surface area (Å²) in [5.74, 6) is -0.449. The van der Waals surface area contributed by atoms with E-state index in [0.717, 1.165) is 0 Å². The first-order valence-electron chi connectivity index (χ1n) is 4.60. The molecular formula is C9H15N3O3. The highest BCUT2D eigenvalue weighted by molar-refractivity contribution is 5.78. The van der Waals surface area contributed by atoms with Crippen LogP contribution in [0.5, 0.6) is 0 Å². The zero-order chi connectivity index (χ0) is 11.5. The van der Waals surface area contributed by atoms with Gasteiger partial charge in [0, 0.05) is 26.6 Å². The summed E-state index contributed by atoms with van der Waals surface area (Å²) in [6, 6.07) is 1.73. The van der Waals surface area contributed by atoms with Gasteiger partial charge >= 0.3 is 0 Å². The molecule has 6 nitrogen and oxygen atoms in total. The average Bonchev–Trinajstić information content (AvgIpc) is 2.22. The Morgan fingerprint density at radius 1 is 1.27 bits per heavy atom. The van der Waals surface area contributed by atoms with Crippen LogP contribution in [-0.2, 0) is 14.3 Å². The van der Waals surface area contributed by atoms with Crippen molar-refractivity contribution in [2.24, 2.45) is 0 Å². The Morgan fingerprint density at radius 3 is 2.40 bits per heavy atom. The summed E-state index contributed by atoms with van der Waals surface area (Å²) < 4.78 is 4.72. The van der Waals surface area contributed by atoms with Crippen molar-refractivity contribution < 1.29 is 14.3 Å². The summed E-state index contributed by atoms with van der Waals surface area (Å²) >= 11 is 0. The number of nitrogens with zero attached hydrogens (tertiary/aromatic N) is 1. The first kappa shape index (κ1) is 13.4. The van der Waals surface area contributed by atoms with Gasteiger partial charge in [-0.05, 0) is 0 Å². The lowest BCUT2D eigenvalue weighted by atomic mass is 10.4. The van der Waals surface area contributed by atoms with Crippen molar-refractivity contribution in [1.29, 1.82) is 5.26 Å². The SMILES string of the molecule is COCCC(=O)NCCNC(=O)CC#N. The fourth-order valence-electron chi connectivity index (χ4n) is 0.821. The normalized spacial score (nSPS) is 9.07. The van der Waals surface area contributed by atoms with Crippen molar-refractivity contribution in [3.8, 4) is 6.07 Å². The molecule has 0 spiro atoms. The number of nitriles is 1. The molecule has 0 aromatic rings. The minimum Gasteiger partial charge on any atom is -0.384 e. The summed E-state index contributed by atoms with van der Waals surface area (Å²) in [7, 11) is 1.52. The summed E-state index contributed by atoms with van der Waals surface area (Å²) in [4.78, 5) is 21.8. The molecule has 0 atom stereocenters. The monoisotopic (exact) mass is 213 g/mol. The van der Waals surface area contributed by atoms with E-state index in [2.05, 4.69) is 10.6 Å². The van der Waals surface area contributed by atoms with Gasteiger partial charge in [0.1, 0.15) is 6.42 Å². The van der Waals surface area contributed by atoms with Crippen molar-refractivity contribution in [2.45, 2.75) is 12.8 Å². The van der Waals surface area contributed by atoms with E-state index in [1.165, 1.54) is 7.11 Å². The predicted octanol–water partition coefficient (Wildman–Crippen LogP) is -0.831. The molecule has 84 valence electrons. The maximum Gasteiger partial charge on any atom is 0.234 e. The fraction of sp³-hybridized carbons (Fsp3) is 0.667. The van der Waals surface area contributed by atoms with Crippen molar-refractivity contribution in [3.05, 3.63) is 0 Å². The van der Waals surface area contributed by atoms with Gasteiger partial charge in [-0.3, -0.25) is 9.59 Å². The lowest BCUT2D eigenvalue weighted by Gasteiger charge is -2.05. The van der Waals surface area contributed by atoms with Crippen molar-refractivity contribution in [2.75, 3.05) is 26.8 Å². The van der Waals surface area contributed by atoms with Gasteiger partial charge in [-0.2, -0.15) is 5.26 Å². The minimum absolute atomic E-state index is 0.119. The Morgan fingerprint density at radius 2 is 1.87 bits per heavy atom. The Hall–Kier alpha value is -1.61. The molecule has 0 aromatic carbocycles. The molecule has 0 unspecified atom stereocenters. The smallest absolute Gasteiger partial charge is 0.234 e. The molecule has 0 rings (SSSR count). The van der Waals surface area contributed by atoms with E-state index in [0.29, 0.717) is 26.1 Å². The van der Waals surface area contributed by atoms with E-state index in [4.69, 9.17) is 10.00 Å². The Balaban J connectivity index is 3.35. The maximum atomic E-state index is 11.0. The molecule has 2 N–H and O–H groups in total. The van der Waals surface area contributed by atoms with Crippen LogP contribution >= 0.6 is 0 Å². The number of ether oxygens (including phenoxy) is 1. The molecule has 6 heteroatoms. The van der Waals surface area contributed by atoms with Gasteiger partial charge in [-0.25, -0.2) is 0 Å². The highest BCUT2D eigenvalue weighted by atomic mass is 16.5. The lowest BCUT2D eigenvalue weighted by molar-refractivity contribution is -0.123. The number of hydrogen-bond donors (Lipinski definition) is 2. The number of methoxy groups -OCH3 is 1. The van der Waals surface area contributed by atoms with E-state index >= 15 is 0 Å². The zero-order valence-corrected chi connectivity index (χ0v) is 8.71. The predicted molar refractivity (Wildman–Crippen MR) is 52.7 cm³/mol.